The number of hydrogen-bond donors (Lipinski definition) is 1. The molecule has 1 aliphatic heterocycles. The molecule has 5 aromatic rings. The monoisotopic (exact) mass is 598 g/mol. The molecule has 1 aliphatic rings. The number of pyridine rings is 1. The van der Waals surface area contributed by atoms with Crippen molar-refractivity contribution in [3.8, 4) is 17.2 Å². The van der Waals surface area contributed by atoms with Crippen LogP contribution in [0.25, 0.3) is 5.69 Å². The van der Waals surface area contributed by atoms with Crippen LogP contribution in [0.15, 0.2) is 103 Å². The Bertz CT molecular complexity index is 1770. The number of benzene rings is 3. The standard InChI is InChI=1S/C34H29F3N4OS/c1-21-10-14-27(15-11-21)42-28-16-12-25(13-17-28)41-32(31(39-33(41)43)30-9-4-5-18-38-30)29-19-22(2)40(23(29)3)26-8-6-7-24(20-26)34(35,36)37/h4-20,31-32H,1-3H3,(H,39,43)/t31-,32+/m0/s1. The summed E-state index contributed by atoms with van der Waals surface area (Å²) in [6.07, 6.45) is -2.70. The van der Waals surface area contributed by atoms with E-state index in [1.165, 1.54) is 12.1 Å². The van der Waals surface area contributed by atoms with E-state index in [1.807, 2.05) is 103 Å². The topological polar surface area (TPSA) is 42.3 Å². The van der Waals surface area contributed by atoms with Gasteiger partial charge in [0.15, 0.2) is 5.11 Å². The van der Waals surface area contributed by atoms with E-state index >= 15 is 0 Å². The molecule has 1 N–H and O–H groups in total. The maximum atomic E-state index is 13.6. The molecule has 0 unspecified atom stereocenters. The molecule has 6 rings (SSSR count). The van der Waals surface area contributed by atoms with Crippen LogP contribution < -0.4 is 15.0 Å². The highest BCUT2D eigenvalue weighted by Crippen LogP contribution is 2.44. The van der Waals surface area contributed by atoms with Gasteiger partial charge in [0.2, 0.25) is 0 Å². The number of nitrogens with zero attached hydrogens (tertiary/aromatic N) is 3. The van der Waals surface area contributed by atoms with Crippen LogP contribution in [0.5, 0.6) is 11.5 Å². The number of hydrogen-bond acceptors (Lipinski definition) is 3. The third-order valence-electron chi connectivity index (χ3n) is 7.69. The van der Waals surface area contributed by atoms with E-state index in [1.54, 1.807) is 12.3 Å². The highest BCUT2D eigenvalue weighted by Gasteiger charge is 2.42. The molecule has 43 heavy (non-hydrogen) atoms. The quantitative estimate of drug-likeness (QED) is 0.198. The molecule has 9 heteroatoms. The number of nitrogens with one attached hydrogen (secondary N) is 1. The minimum Gasteiger partial charge on any atom is -0.457 e. The predicted molar refractivity (Wildman–Crippen MR) is 166 cm³/mol. The predicted octanol–water partition coefficient (Wildman–Crippen LogP) is 8.79. The van der Waals surface area contributed by atoms with Crippen molar-refractivity contribution in [2.45, 2.75) is 39.0 Å². The van der Waals surface area contributed by atoms with Gasteiger partial charge in [-0.1, -0.05) is 29.8 Å². The Morgan fingerprint density at radius 2 is 1.51 bits per heavy atom. The number of thiocarbonyl (C=S) groups is 1. The normalized spacial score (nSPS) is 16.8. The zero-order chi connectivity index (χ0) is 30.3. The number of halogens is 3. The zero-order valence-corrected chi connectivity index (χ0v) is 24.6. The molecular weight excluding hydrogens is 569 g/mol. The molecule has 2 aromatic heterocycles. The Kier molecular flexibility index (Phi) is 7.43. The van der Waals surface area contributed by atoms with Crippen molar-refractivity contribution in [1.29, 1.82) is 0 Å². The van der Waals surface area contributed by atoms with E-state index in [9.17, 15) is 13.2 Å². The number of aromatic nitrogens is 2. The van der Waals surface area contributed by atoms with Crippen LogP contribution in [-0.4, -0.2) is 14.7 Å². The smallest absolute Gasteiger partial charge is 0.416 e. The van der Waals surface area contributed by atoms with E-state index in [2.05, 4.69) is 10.3 Å². The van der Waals surface area contributed by atoms with Crippen molar-refractivity contribution in [2.75, 3.05) is 4.90 Å². The first-order chi connectivity index (χ1) is 20.6. The molecule has 1 fully saturated rings. The van der Waals surface area contributed by atoms with Crippen LogP contribution in [0.2, 0.25) is 0 Å². The van der Waals surface area contributed by atoms with Crippen LogP contribution in [0.1, 0.15) is 45.9 Å². The fourth-order valence-corrected chi connectivity index (χ4v) is 6.02. The van der Waals surface area contributed by atoms with Crippen molar-refractivity contribution >= 4 is 23.0 Å². The maximum Gasteiger partial charge on any atom is 0.416 e. The molecule has 0 bridgehead atoms. The summed E-state index contributed by atoms with van der Waals surface area (Å²) < 4.78 is 48.6. The summed E-state index contributed by atoms with van der Waals surface area (Å²) in [7, 11) is 0. The highest BCUT2D eigenvalue weighted by molar-refractivity contribution is 7.80. The Morgan fingerprint density at radius 3 is 2.16 bits per heavy atom. The summed E-state index contributed by atoms with van der Waals surface area (Å²) in [5.74, 6) is 1.43. The molecule has 0 spiro atoms. The summed E-state index contributed by atoms with van der Waals surface area (Å²) in [6.45, 7) is 5.85. The van der Waals surface area contributed by atoms with Gasteiger partial charge in [-0.25, -0.2) is 0 Å². The van der Waals surface area contributed by atoms with Gasteiger partial charge in [0.25, 0.3) is 0 Å². The van der Waals surface area contributed by atoms with Crippen molar-refractivity contribution in [2.24, 2.45) is 0 Å². The Balaban J connectivity index is 1.41. The van der Waals surface area contributed by atoms with E-state index in [0.717, 1.165) is 45.7 Å². The van der Waals surface area contributed by atoms with Gasteiger partial charge in [-0.3, -0.25) is 4.98 Å². The Labute approximate surface area is 253 Å². The van der Waals surface area contributed by atoms with Crippen molar-refractivity contribution in [3.05, 3.63) is 137 Å². The second-order valence-corrected chi connectivity index (χ2v) is 11.0. The minimum atomic E-state index is -4.44. The minimum absolute atomic E-state index is 0.298. The van der Waals surface area contributed by atoms with Crippen LogP contribution in [0.3, 0.4) is 0 Å². The zero-order valence-electron chi connectivity index (χ0n) is 23.8. The van der Waals surface area contributed by atoms with Gasteiger partial charge in [-0.15, -0.1) is 0 Å². The summed E-state index contributed by atoms with van der Waals surface area (Å²) in [6, 6.07) is 28.1. The van der Waals surface area contributed by atoms with Crippen LogP contribution in [-0.2, 0) is 6.18 Å². The molecule has 5 nitrogen and oxygen atoms in total. The number of ether oxygens (including phenoxy) is 1. The molecule has 0 aliphatic carbocycles. The summed E-state index contributed by atoms with van der Waals surface area (Å²) in [5, 5.41) is 3.98. The molecule has 3 heterocycles. The molecule has 1 saturated heterocycles. The lowest BCUT2D eigenvalue weighted by Gasteiger charge is -2.28. The van der Waals surface area contributed by atoms with E-state index < -0.39 is 11.7 Å². The second-order valence-electron chi connectivity index (χ2n) is 10.6. The van der Waals surface area contributed by atoms with Crippen LogP contribution in [0.4, 0.5) is 18.9 Å². The van der Waals surface area contributed by atoms with Gasteiger partial charge < -0.3 is 19.5 Å². The fourth-order valence-electron chi connectivity index (χ4n) is 5.67. The summed E-state index contributed by atoms with van der Waals surface area (Å²) >= 11 is 5.88. The lowest BCUT2D eigenvalue weighted by atomic mass is 9.96. The molecule has 218 valence electrons. The SMILES string of the molecule is Cc1ccc(Oc2ccc(N3C(=S)N[C@@H](c4ccccn4)[C@H]3c3cc(C)n(-c4cccc(C(F)(F)F)c4)c3C)cc2)cc1. The number of anilines is 1. The molecular formula is C34H29F3N4OS. The number of alkyl halides is 3. The van der Waals surface area contributed by atoms with Crippen molar-refractivity contribution < 1.29 is 17.9 Å². The largest absolute Gasteiger partial charge is 0.457 e. The average Bonchev–Trinajstić information content (AvgIpc) is 3.49. The van der Waals surface area contributed by atoms with Gasteiger partial charge in [-0.05, 0) is 111 Å². The first kappa shape index (κ1) is 28.5. The van der Waals surface area contributed by atoms with E-state index in [0.29, 0.717) is 16.5 Å². The second kappa shape index (κ2) is 11.2. The Hall–Kier alpha value is -4.63. The van der Waals surface area contributed by atoms with Gasteiger partial charge in [-0.2, -0.15) is 13.2 Å². The lowest BCUT2D eigenvalue weighted by molar-refractivity contribution is -0.137. The number of rotatable bonds is 6. The molecule has 0 amide bonds. The molecule has 2 atom stereocenters. The molecule has 0 radical (unpaired) electrons. The van der Waals surface area contributed by atoms with Crippen LogP contribution >= 0.6 is 12.2 Å². The van der Waals surface area contributed by atoms with E-state index in [4.69, 9.17) is 17.0 Å². The Morgan fingerprint density at radius 1 is 0.814 bits per heavy atom. The number of aryl methyl sites for hydroxylation is 2. The maximum absolute atomic E-state index is 13.6. The lowest BCUT2D eigenvalue weighted by Crippen LogP contribution is -2.29. The first-order valence-electron chi connectivity index (χ1n) is 13.8. The highest BCUT2D eigenvalue weighted by atomic mass is 32.1. The van der Waals surface area contributed by atoms with Gasteiger partial charge in [0, 0.05) is 29.0 Å². The molecule has 0 saturated carbocycles. The van der Waals surface area contributed by atoms with Gasteiger partial charge in [0.1, 0.15) is 11.5 Å². The van der Waals surface area contributed by atoms with Crippen molar-refractivity contribution in [3.63, 3.8) is 0 Å². The average molecular weight is 599 g/mol. The summed E-state index contributed by atoms with van der Waals surface area (Å²) in [4.78, 5) is 6.67. The fraction of sp³-hybridized carbons (Fsp3) is 0.176. The van der Waals surface area contributed by atoms with E-state index in [-0.39, 0.29) is 12.1 Å². The van der Waals surface area contributed by atoms with Gasteiger partial charge >= 0.3 is 6.18 Å². The molecule has 3 aromatic carbocycles. The van der Waals surface area contributed by atoms with Gasteiger partial charge in [0.05, 0.1) is 23.3 Å². The first-order valence-corrected chi connectivity index (χ1v) is 14.2. The van der Waals surface area contributed by atoms with Crippen molar-refractivity contribution in [1.82, 2.24) is 14.9 Å². The summed E-state index contributed by atoms with van der Waals surface area (Å²) in [5.41, 5.74) is 5.12. The third kappa shape index (κ3) is 5.60. The van der Waals surface area contributed by atoms with Crippen LogP contribution in [0, 0.1) is 20.8 Å². The third-order valence-corrected chi connectivity index (χ3v) is 8.00.